The van der Waals surface area contributed by atoms with Crippen molar-refractivity contribution in [2.75, 3.05) is 0 Å². The zero-order chi connectivity index (χ0) is 7.14. The van der Waals surface area contributed by atoms with E-state index in [4.69, 9.17) is 4.74 Å². The molecule has 0 unspecified atom stereocenters. The lowest BCUT2D eigenvalue weighted by Gasteiger charge is -1.90. The van der Waals surface area contributed by atoms with Crippen molar-refractivity contribution in [3.63, 3.8) is 0 Å². The Kier molecular flexibility index (Phi) is 1.10. The van der Waals surface area contributed by atoms with E-state index in [1.165, 1.54) is 12.0 Å². The first kappa shape index (κ1) is 5.96. The molecular formula is C8H10O2. The summed E-state index contributed by atoms with van der Waals surface area (Å²) in [5.74, 6) is 1.35. The van der Waals surface area contributed by atoms with E-state index >= 15 is 0 Å². The zero-order valence-corrected chi connectivity index (χ0v) is 5.96. The van der Waals surface area contributed by atoms with E-state index in [9.17, 15) is 4.79 Å². The van der Waals surface area contributed by atoms with E-state index in [-0.39, 0.29) is 5.97 Å². The van der Waals surface area contributed by atoms with E-state index in [1.54, 1.807) is 6.26 Å². The molecule has 2 atom stereocenters. The molecule has 0 bridgehead atoms. The first-order chi connectivity index (χ1) is 4.77. The highest BCUT2D eigenvalue weighted by Gasteiger charge is 2.38. The van der Waals surface area contributed by atoms with Crippen molar-refractivity contribution in [3.05, 3.63) is 11.8 Å². The van der Waals surface area contributed by atoms with Gasteiger partial charge < -0.3 is 4.74 Å². The van der Waals surface area contributed by atoms with Crippen molar-refractivity contribution in [1.82, 2.24) is 0 Å². The molecule has 1 aliphatic carbocycles. The Morgan fingerprint density at radius 3 is 2.80 bits per heavy atom. The van der Waals surface area contributed by atoms with E-state index in [1.807, 2.05) is 0 Å². The predicted octanol–water partition coefficient (Wildman–Crippen LogP) is 1.47. The Morgan fingerprint density at radius 1 is 1.70 bits per heavy atom. The molecule has 2 aliphatic rings. The van der Waals surface area contributed by atoms with Gasteiger partial charge in [-0.25, -0.2) is 0 Å². The molecule has 0 spiro atoms. The number of carbonyl (C=O) groups excluding carboxylic acids is 1. The lowest BCUT2D eigenvalue weighted by atomic mass is 10.1. The maximum absolute atomic E-state index is 10.6. The summed E-state index contributed by atoms with van der Waals surface area (Å²) in [6.07, 6.45) is 3.41. The standard InChI is InChI=1S/C8H10O2/c1-5-2-7(5)6-3-8(9)10-4-6/h4-5,7H,2-3H2,1H3/t5-,7+/m0/s1. The fraction of sp³-hybridized carbons (Fsp3) is 0.625. The molecule has 1 aliphatic heterocycles. The molecule has 1 heterocycles. The molecule has 0 N–H and O–H groups in total. The Labute approximate surface area is 59.9 Å². The van der Waals surface area contributed by atoms with Crippen LogP contribution in [-0.2, 0) is 9.53 Å². The molecular weight excluding hydrogens is 128 g/mol. The molecule has 0 saturated heterocycles. The second kappa shape index (κ2) is 1.84. The minimum Gasteiger partial charge on any atom is -0.434 e. The summed E-state index contributed by atoms with van der Waals surface area (Å²) >= 11 is 0. The molecule has 1 fully saturated rings. The normalized spacial score (nSPS) is 37.3. The van der Waals surface area contributed by atoms with Gasteiger partial charge in [0.05, 0.1) is 12.7 Å². The van der Waals surface area contributed by atoms with Crippen LogP contribution in [0.1, 0.15) is 19.8 Å². The quantitative estimate of drug-likeness (QED) is 0.513. The fourth-order valence-corrected chi connectivity index (χ4v) is 1.45. The van der Waals surface area contributed by atoms with Gasteiger partial charge in [-0.2, -0.15) is 0 Å². The predicted molar refractivity (Wildman–Crippen MR) is 36.1 cm³/mol. The summed E-state index contributed by atoms with van der Waals surface area (Å²) in [6.45, 7) is 2.20. The summed E-state index contributed by atoms with van der Waals surface area (Å²) in [4.78, 5) is 10.6. The average Bonchev–Trinajstić information content (AvgIpc) is 2.42. The number of hydrogen-bond donors (Lipinski definition) is 0. The average molecular weight is 138 g/mol. The van der Waals surface area contributed by atoms with Gasteiger partial charge in [-0.3, -0.25) is 4.79 Å². The summed E-state index contributed by atoms with van der Waals surface area (Å²) < 4.78 is 4.71. The van der Waals surface area contributed by atoms with Crippen molar-refractivity contribution in [3.8, 4) is 0 Å². The topological polar surface area (TPSA) is 26.3 Å². The van der Waals surface area contributed by atoms with Crippen LogP contribution in [0.15, 0.2) is 11.8 Å². The van der Waals surface area contributed by atoms with Crippen molar-refractivity contribution in [2.45, 2.75) is 19.8 Å². The van der Waals surface area contributed by atoms with Crippen molar-refractivity contribution < 1.29 is 9.53 Å². The van der Waals surface area contributed by atoms with Gasteiger partial charge in [-0.05, 0) is 23.8 Å². The first-order valence-electron chi connectivity index (χ1n) is 3.66. The van der Waals surface area contributed by atoms with Crippen LogP contribution < -0.4 is 0 Å². The number of ether oxygens (including phenoxy) is 1. The highest BCUT2D eigenvalue weighted by Crippen LogP contribution is 2.45. The SMILES string of the molecule is C[C@H]1C[C@H]1C1=COC(=O)C1. The third-order valence-electron chi connectivity index (χ3n) is 2.28. The highest BCUT2D eigenvalue weighted by atomic mass is 16.5. The molecule has 10 heavy (non-hydrogen) atoms. The van der Waals surface area contributed by atoms with Crippen LogP contribution in [0.5, 0.6) is 0 Å². The largest absolute Gasteiger partial charge is 0.434 e. The second-order valence-corrected chi connectivity index (χ2v) is 3.18. The number of hydrogen-bond acceptors (Lipinski definition) is 2. The monoisotopic (exact) mass is 138 g/mol. The summed E-state index contributed by atoms with van der Waals surface area (Å²) in [7, 11) is 0. The second-order valence-electron chi connectivity index (χ2n) is 3.18. The Morgan fingerprint density at radius 2 is 2.40 bits per heavy atom. The summed E-state index contributed by atoms with van der Waals surface area (Å²) in [5, 5.41) is 0. The Hall–Kier alpha value is -0.790. The van der Waals surface area contributed by atoms with Crippen LogP contribution in [0.2, 0.25) is 0 Å². The van der Waals surface area contributed by atoms with Crippen molar-refractivity contribution >= 4 is 5.97 Å². The first-order valence-corrected chi connectivity index (χ1v) is 3.66. The van der Waals surface area contributed by atoms with Gasteiger partial charge >= 0.3 is 5.97 Å². The molecule has 0 aromatic heterocycles. The smallest absolute Gasteiger partial charge is 0.314 e. The maximum atomic E-state index is 10.6. The molecule has 1 saturated carbocycles. The minimum absolute atomic E-state index is 0.0888. The van der Waals surface area contributed by atoms with Crippen LogP contribution in [0, 0.1) is 11.8 Å². The van der Waals surface area contributed by atoms with E-state index in [0.717, 1.165) is 5.92 Å². The van der Waals surface area contributed by atoms with Gasteiger partial charge in [0.15, 0.2) is 0 Å². The van der Waals surface area contributed by atoms with Gasteiger partial charge in [-0.1, -0.05) is 6.92 Å². The van der Waals surface area contributed by atoms with Crippen molar-refractivity contribution in [1.29, 1.82) is 0 Å². The third kappa shape index (κ3) is 0.838. The zero-order valence-electron chi connectivity index (χ0n) is 5.96. The van der Waals surface area contributed by atoms with Crippen LogP contribution in [-0.4, -0.2) is 5.97 Å². The molecule has 0 radical (unpaired) electrons. The molecule has 2 rings (SSSR count). The molecule has 2 nitrogen and oxygen atoms in total. The van der Waals surface area contributed by atoms with Gasteiger partial charge in [0.25, 0.3) is 0 Å². The van der Waals surface area contributed by atoms with E-state index in [0.29, 0.717) is 12.3 Å². The van der Waals surface area contributed by atoms with Crippen LogP contribution >= 0.6 is 0 Å². The Balaban J connectivity index is 2.01. The van der Waals surface area contributed by atoms with Crippen LogP contribution in [0.3, 0.4) is 0 Å². The molecule has 2 heteroatoms. The summed E-state index contributed by atoms with van der Waals surface area (Å²) in [5.41, 5.74) is 1.21. The van der Waals surface area contributed by atoms with Gasteiger partial charge in [0.2, 0.25) is 0 Å². The fourth-order valence-electron chi connectivity index (χ4n) is 1.45. The minimum atomic E-state index is -0.0888. The van der Waals surface area contributed by atoms with E-state index in [2.05, 4.69) is 6.92 Å². The molecule has 0 aromatic carbocycles. The van der Waals surface area contributed by atoms with Gasteiger partial charge in [0.1, 0.15) is 0 Å². The molecule has 0 amide bonds. The van der Waals surface area contributed by atoms with E-state index < -0.39 is 0 Å². The third-order valence-corrected chi connectivity index (χ3v) is 2.28. The summed E-state index contributed by atoms with van der Waals surface area (Å²) in [6, 6.07) is 0. The lowest BCUT2D eigenvalue weighted by molar-refractivity contribution is -0.135. The number of cyclic esters (lactones) is 1. The molecule has 54 valence electrons. The molecule has 0 aromatic rings. The van der Waals surface area contributed by atoms with Crippen LogP contribution in [0.4, 0.5) is 0 Å². The number of esters is 1. The number of rotatable bonds is 1. The van der Waals surface area contributed by atoms with Gasteiger partial charge in [-0.15, -0.1) is 0 Å². The Bertz CT molecular complexity index is 205. The van der Waals surface area contributed by atoms with Gasteiger partial charge in [0, 0.05) is 0 Å². The highest BCUT2D eigenvalue weighted by molar-refractivity contribution is 5.76. The lowest BCUT2D eigenvalue weighted by Crippen LogP contribution is -1.92. The number of carbonyl (C=O) groups is 1. The van der Waals surface area contributed by atoms with Crippen molar-refractivity contribution in [2.24, 2.45) is 11.8 Å². The maximum Gasteiger partial charge on any atom is 0.314 e. The van der Waals surface area contributed by atoms with Crippen LogP contribution in [0.25, 0.3) is 0 Å².